The first-order valence-electron chi connectivity index (χ1n) is 8.47. The van der Waals surface area contributed by atoms with E-state index in [2.05, 4.69) is 15.4 Å². The molecule has 0 saturated carbocycles. The Morgan fingerprint density at radius 2 is 1.85 bits per heavy atom. The third kappa shape index (κ3) is 5.83. The van der Waals surface area contributed by atoms with Gasteiger partial charge in [-0.2, -0.15) is 0 Å². The molecule has 0 unspecified atom stereocenters. The zero-order chi connectivity index (χ0) is 19.1. The van der Waals surface area contributed by atoms with Crippen LogP contribution in [0.25, 0.3) is 0 Å². The number of halogens is 1. The Morgan fingerprint density at radius 3 is 2.41 bits per heavy atom. The molecule has 8 nitrogen and oxygen atoms in total. The first-order chi connectivity index (χ1) is 12.5. The summed E-state index contributed by atoms with van der Waals surface area (Å²) in [6.45, 7) is 4.12. The molecule has 1 aliphatic heterocycles. The van der Waals surface area contributed by atoms with Crippen molar-refractivity contribution in [3.8, 4) is 11.5 Å². The highest BCUT2D eigenvalue weighted by atomic mass is 35.5. The van der Waals surface area contributed by atoms with Crippen LogP contribution in [0.5, 0.6) is 11.5 Å². The van der Waals surface area contributed by atoms with Gasteiger partial charge in [0.25, 0.3) is 5.91 Å². The van der Waals surface area contributed by atoms with Crippen LogP contribution in [0.15, 0.2) is 17.3 Å². The van der Waals surface area contributed by atoms with Gasteiger partial charge in [0.05, 0.1) is 14.2 Å². The smallest absolute Gasteiger partial charge is 0.277 e. The monoisotopic (exact) mass is 399 g/mol. The number of amides is 1. The van der Waals surface area contributed by atoms with E-state index >= 15 is 0 Å². The van der Waals surface area contributed by atoms with Crippen LogP contribution in [0.1, 0.15) is 24.5 Å². The number of nitrogens with one attached hydrogen (secondary N) is 1. The average Bonchev–Trinajstić information content (AvgIpc) is 2.64. The Balaban J connectivity index is 0.00000364. The van der Waals surface area contributed by atoms with Gasteiger partial charge >= 0.3 is 0 Å². The molecule has 1 aromatic rings. The summed E-state index contributed by atoms with van der Waals surface area (Å²) in [7, 11) is 3.26. The van der Waals surface area contributed by atoms with Crippen molar-refractivity contribution in [1.82, 2.24) is 10.2 Å². The molecule has 0 bridgehead atoms. The third-order valence-electron chi connectivity index (χ3n) is 4.38. The topological polar surface area (TPSA) is 100 Å². The lowest BCUT2D eigenvalue weighted by atomic mass is 9.98. The van der Waals surface area contributed by atoms with Crippen molar-refractivity contribution < 1.29 is 24.3 Å². The minimum absolute atomic E-state index is 0. The van der Waals surface area contributed by atoms with Gasteiger partial charge in [0.15, 0.2) is 17.3 Å². The SMILES string of the molecule is COc1cc2c(cc1OC)CN(CCCNC(=O)C(=NO)C(C)=O)CC2.Cl. The van der Waals surface area contributed by atoms with Crippen LogP contribution in [0.2, 0.25) is 0 Å². The van der Waals surface area contributed by atoms with Gasteiger partial charge in [-0.25, -0.2) is 0 Å². The fraction of sp³-hybridized carbons (Fsp3) is 0.500. The Labute approximate surface area is 164 Å². The summed E-state index contributed by atoms with van der Waals surface area (Å²) in [5.74, 6) is 0.248. The van der Waals surface area contributed by atoms with Crippen LogP contribution >= 0.6 is 12.4 Å². The lowest BCUT2D eigenvalue weighted by Gasteiger charge is -2.29. The molecule has 0 radical (unpaired) electrons. The van der Waals surface area contributed by atoms with Crippen LogP contribution < -0.4 is 14.8 Å². The molecule has 1 amide bonds. The minimum Gasteiger partial charge on any atom is -0.493 e. The highest BCUT2D eigenvalue weighted by Gasteiger charge is 2.20. The van der Waals surface area contributed by atoms with Crippen LogP contribution in [-0.4, -0.2) is 61.4 Å². The molecule has 1 aliphatic rings. The number of oxime groups is 1. The number of rotatable bonds is 8. The van der Waals surface area contributed by atoms with Crippen molar-refractivity contribution in [2.45, 2.75) is 26.3 Å². The molecule has 0 fully saturated rings. The fourth-order valence-corrected chi connectivity index (χ4v) is 3.00. The van der Waals surface area contributed by atoms with Crippen molar-refractivity contribution in [3.63, 3.8) is 0 Å². The highest BCUT2D eigenvalue weighted by molar-refractivity contribution is 6.65. The summed E-state index contributed by atoms with van der Waals surface area (Å²) in [5.41, 5.74) is 2.00. The van der Waals surface area contributed by atoms with Gasteiger partial charge in [0.1, 0.15) is 0 Å². The maximum Gasteiger partial charge on any atom is 0.277 e. The Kier molecular flexibility index (Phi) is 9.04. The molecule has 0 aliphatic carbocycles. The summed E-state index contributed by atoms with van der Waals surface area (Å²) in [4.78, 5) is 25.1. The molecule has 2 rings (SSSR count). The van der Waals surface area contributed by atoms with Gasteiger partial charge in [0, 0.05) is 33.1 Å². The van der Waals surface area contributed by atoms with E-state index in [4.69, 9.17) is 14.7 Å². The lowest BCUT2D eigenvalue weighted by Crippen LogP contribution is -2.37. The predicted molar refractivity (Wildman–Crippen MR) is 103 cm³/mol. The zero-order valence-electron chi connectivity index (χ0n) is 15.8. The average molecular weight is 400 g/mol. The van der Waals surface area contributed by atoms with E-state index in [9.17, 15) is 9.59 Å². The highest BCUT2D eigenvalue weighted by Crippen LogP contribution is 2.33. The molecule has 0 spiro atoms. The Bertz CT molecular complexity index is 708. The van der Waals surface area contributed by atoms with E-state index in [0.717, 1.165) is 44.0 Å². The number of ketones is 1. The molecule has 2 N–H and O–H groups in total. The van der Waals surface area contributed by atoms with Crippen LogP contribution in [0.4, 0.5) is 0 Å². The van der Waals surface area contributed by atoms with Gasteiger partial charge in [-0.15, -0.1) is 12.4 Å². The summed E-state index contributed by atoms with van der Waals surface area (Å²) in [5, 5.41) is 14.0. The van der Waals surface area contributed by atoms with E-state index in [-0.39, 0.29) is 12.4 Å². The largest absolute Gasteiger partial charge is 0.493 e. The van der Waals surface area contributed by atoms with Gasteiger partial charge in [-0.3, -0.25) is 14.5 Å². The van der Waals surface area contributed by atoms with E-state index < -0.39 is 17.4 Å². The number of nitrogens with zero attached hydrogens (tertiary/aromatic N) is 2. The second-order valence-electron chi connectivity index (χ2n) is 6.12. The number of ether oxygens (including phenoxy) is 2. The number of Topliss-reactive ketones (excluding diaryl/α,β-unsaturated/α-hetero) is 1. The number of carbonyl (C=O) groups excluding carboxylic acids is 2. The van der Waals surface area contributed by atoms with Crippen LogP contribution in [0, 0.1) is 0 Å². The first kappa shape index (κ1) is 22.7. The second-order valence-corrected chi connectivity index (χ2v) is 6.12. The first-order valence-corrected chi connectivity index (χ1v) is 8.47. The van der Waals surface area contributed by atoms with Crippen molar-refractivity contribution in [3.05, 3.63) is 23.3 Å². The van der Waals surface area contributed by atoms with Crippen LogP contribution in [0.3, 0.4) is 0 Å². The van der Waals surface area contributed by atoms with Crippen molar-refractivity contribution in [2.24, 2.45) is 5.16 Å². The Morgan fingerprint density at radius 1 is 1.22 bits per heavy atom. The molecule has 0 atom stereocenters. The molecule has 0 saturated heterocycles. The number of hydrogen-bond acceptors (Lipinski definition) is 7. The van der Waals surface area contributed by atoms with E-state index in [1.165, 1.54) is 18.1 Å². The van der Waals surface area contributed by atoms with Crippen molar-refractivity contribution >= 4 is 29.8 Å². The number of fused-ring (bicyclic) bond motifs is 1. The molecule has 0 aromatic heterocycles. The molecule has 9 heteroatoms. The number of benzene rings is 1. The summed E-state index contributed by atoms with van der Waals surface area (Å²) in [6, 6.07) is 4.04. The van der Waals surface area contributed by atoms with Gasteiger partial charge in [-0.1, -0.05) is 5.16 Å². The Hall–Kier alpha value is -2.32. The number of hydrogen-bond donors (Lipinski definition) is 2. The molecule has 150 valence electrons. The van der Waals surface area contributed by atoms with Crippen molar-refractivity contribution in [2.75, 3.05) is 33.9 Å². The second kappa shape index (κ2) is 10.7. The maximum atomic E-state index is 11.7. The third-order valence-corrected chi connectivity index (χ3v) is 4.38. The zero-order valence-corrected chi connectivity index (χ0v) is 16.6. The molecule has 27 heavy (non-hydrogen) atoms. The van der Waals surface area contributed by atoms with Gasteiger partial charge in [-0.05, 0) is 36.1 Å². The summed E-state index contributed by atoms with van der Waals surface area (Å²) < 4.78 is 10.7. The molecular weight excluding hydrogens is 374 g/mol. The molecular formula is C18H26ClN3O5. The maximum absolute atomic E-state index is 11.7. The number of carbonyl (C=O) groups is 2. The fourth-order valence-electron chi connectivity index (χ4n) is 3.00. The quantitative estimate of drug-likeness (QED) is 0.225. The van der Waals surface area contributed by atoms with E-state index in [0.29, 0.717) is 6.54 Å². The van der Waals surface area contributed by atoms with E-state index in [1.807, 2.05) is 12.1 Å². The van der Waals surface area contributed by atoms with Gasteiger partial charge in [0.2, 0.25) is 5.71 Å². The van der Waals surface area contributed by atoms with Crippen LogP contribution in [-0.2, 0) is 22.6 Å². The molecule has 1 heterocycles. The normalized spacial score (nSPS) is 14.0. The summed E-state index contributed by atoms with van der Waals surface area (Å²) in [6.07, 6.45) is 1.65. The standard InChI is InChI=1S/C18H25N3O5.ClH/c1-12(22)17(20-24)18(23)19-6-4-7-21-8-5-13-9-15(25-2)16(26-3)10-14(13)11-21;/h9-10,24H,4-8,11H2,1-3H3,(H,19,23);1H. The molecule has 1 aromatic carbocycles. The van der Waals surface area contributed by atoms with E-state index in [1.54, 1.807) is 14.2 Å². The predicted octanol–water partition coefficient (Wildman–Crippen LogP) is 1.41. The minimum atomic E-state index is -0.652. The van der Waals surface area contributed by atoms with Crippen molar-refractivity contribution in [1.29, 1.82) is 0 Å². The lowest BCUT2D eigenvalue weighted by molar-refractivity contribution is -0.117. The number of methoxy groups -OCH3 is 2. The van der Waals surface area contributed by atoms with Gasteiger partial charge < -0.3 is 20.0 Å². The summed E-state index contributed by atoms with van der Waals surface area (Å²) >= 11 is 0.